The summed E-state index contributed by atoms with van der Waals surface area (Å²) < 4.78 is 35.7. The van der Waals surface area contributed by atoms with Crippen molar-refractivity contribution in [1.82, 2.24) is 0 Å². The van der Waals surface area contributed by atoms with Gasteiger partial charge < -0.3 is 8.92 Å². The average Bonchev–Trinajstić information content (AvgIpc) is 2.73. The normalized spacial score (nSPS) is 11.4. The lowest BCUT2D eigenvalue weighted by molar-refractivity contribution is 0.390. The van der Waals surface area contributed by atoms with Crippen LogP contribution < -0.4 is 13.9 Å². The highest BCUT2D eigenvalue weighted by atomic mass is 32.2. The SMILES string of the molecule is COc1cc(/C=N/N(C)c2ccccc2)ccc1OS(=O)(=O)c1ccc(C)cc1. The molecule has 0 spiro atoms. The Balaban J connectivity index is 1.80. The number of ether oxygens (including phenoxy) is 1. The third-order valence-corrected chi connectivity index (χ3v) is 5.46. The van der Waals surface area contributed by atoms with Gasteiger partial charge in [0.2, 0.25) is 0 Å². The van der Waals surface area contributed by atoms with Gasteiger partial charge in [0.05, 0.1) is 19.0 Å². The zero-order chi connectivity index (χ0) is 20.9. The van der Waals surface area contributed by atoms with Crippen LogP contribution in [0.4, 0.5) is 5.69 Å². The van der Waals surface area contributed by atoms with E-state index in [2.05, 4.69) is 5.10 Å². The minimum Gasteiger partial charge on any atom is -0.493 e. The Bertz CT molecular complexity index is 1100. The van der Waals surface area contributed by atoms with E-state index >= 15 is 0 Å². The molecule has 0 atom stereocenters. The van der Waals surface area contributed by atoms with Crippen LogP contribution in [0.5, 0.6) is 11.5 Å². The summed E-state index contributed by atoms with van der Waals surface area (Å²) in [5.41, 5.74) is 2.65. The molecule has 3 rings (SSSR count). The van der Waals surface area contributed by atoms with Gasteiger partial charge in [-0.15, -0.1) is 0 Å². The van der Waals surface area contributed by atoms with Gasteiger partial charge >= 0.3 is 10.1 Å². The predicted molar refractivity (Wildman–Crippen MR) is 114 cm³/mol. The molecule has 0 aromatic heterocycles. The first kappa shape index (κ1) is 20.4. The van der Waals surface area contributed by atoms with E-state index in [4.69, 9.17) is 8.92 Å². The van der Waals surface area contributed by atoms with Crippen molar-refractivity contribution >= 4 is 22.0 Å². The Morgan fingerprint density at radius 3 is 2.28 bits per heavy atom. The number of anilines is 1. The Morgan fingerprint density at radius 1 is 0.931 bits per heavy atom. The monoisotopic (exact) mass is 410 g/mol. The van der Waals surface area contributed by atoms with Crippen LogP contribution in [0, 0.1) is 6.92 Å². The fraction of sp³-hybridized carbons (Fsp3) is 0.136. The van der Waals surface area contributed by atoms with Gasteiger partial charge in [-0.25, -0.2) is 0 Å². The van der Waals surface area contributed by atoms with Gasteiger partial charge in [0, 0.05) is 7.05 Å². The van der Waals surface area contributed by atoms with Crippen LogP contribution in [-0.4, -0.2) is 28.8 Å². The van der Waals surface area contributed by atoms with Gasteiger partial charge in [0.25, 0.3) is 0 Å². The minimum absolute atomic E-state index is 0.0836. The van der Waals surface area contributed by atoms with Gasteiger partial charge in [0.1, 0.15) is 4.90 Å². The van der Waals surface area contributed by atoms with Crippen LogP contribution in [0.3, 0.4) is 0 Å². The van der Waals surface area contributed by atoms with E-state index in [-0.39, 0.29) is 10.6 Å². The first-order valence-corrected chi connectivity index (χ1v) is 10.3. The molecule has 6 nitrogen and oxygen atoms in total. The van der Waals surface area contributed by atoms with Crippen LogP contribution in [0.1, 0.15) is 11.1 Å². The Morgan fingerprint density at radius 2 is 1.62 bits per heavy atom. The van der Waals surface area contributed by atoms with Crippen molar-refractivity contribution in [3.05, 3.63) is 83.9 Å². The Hall–Kier alpha value is -3.32. The number of hydrazone groups is 1. The summed E-state index contributed by atoms with van der Waals surface area (Å²) in [5, 5.41) is 6.13. The van der Waals surface area contributed by atoms with E-state index in [0.717, 1.165) is 16.8 Å². The third-order valence-electron chi connectivity index (χ3n) is 4.21. The fourth-order valence-corrected chi connectivity index (χ4v) is 3.51. The highest BCUT2D eigenvalue weighted by molar-refractivity contribution is 7.87. The van der Waals surface area contributed by atoms with Crippen molar-refractivity contribution < 1.29 is 17.3 Å². The summed E-state index contributed by atoms with van der Waals surface area (Å²) >= 11 is 0. The number of aryl methyl sites for hydroxylation is 1. The van der Waals surface area contributed by atoms with Crippen molar-refractivity contribution in [2.75, 3.05) is 19.2 Å². The quantitative estimate of drug-likeness (QED) is 0.331. The second kappa shape index (κ2) is 8.79. The van der Waals surface area contributed by atoms with E-state index in [1.54, 1.807) is 41.6 Å². The highest BCUT2D eigenvalue weighted by Crippen LogP contribution is 2.30. The van der Waals surface area contributed by atoms with Crippen LogP contribution in [0.2, 0.25) is 0 Å². The number of nitrogens with zero attached hydrogens (tertiary/aromatic N) is 2. The molecule has 0 aliphatic carbocycles. The summed E-state index contributed by atoms with van der Waals surface area (Å²) in [6, 6.07) is 21.1. The Kier molecular flexibility index (Phi) is 6.19. The zero-order valence-corrected chi connectivity index (χ0v) is 17.3. The first-order valence-electron chi connectivity index (χ1n) is 8.91. The molecule has 0 amide bonds. The van der Waals surface area contributed by atoms with Gasteiger partial charge in [0.15, 0.2) is 11.5 Å². The van der Waals surface area contributed by atoms with Crippen molar-refractivity contribution in [2.24, 2.45) is 5.10 Å². The standard InChI is InChI=1S/C22H22N2O4S/c1-17-9-12-20(13-10-17)29(25,26)28-21-14-11-18(15-22(21)27-3)16-23-24(2)19-7-5-4-6-8-19/h4-16H,1-3H3/b23-16+. The molecule has 29 heavy (non-hydrogen) atoms. The number of hydrogen-bond donors (Lipinski definition) is 0. The van der Waals surface area contributed by atoms with Crippen LogP contribution in [0.15, 0.2) is 82.8 Å². The summed E-state index contributed by atoms with van der Waals surface area (Å²) in [7, 11) is -0.661. The second-order valence-corrected chi connectivity index (χ2v) is 7.91. The van der Waals surface area contributed by atoms with Crippen LogP contribution >= 0.6 is 0 Å². The lowest BCUT2D eigenvalue weighted by atomic mass is 10.2. The highest BCUT2D eigenvalue weighted by Gasteiger charge is 2.19. The minimum atomic E-state index is -3.96. The van der Waals surface area contributed by atoms with Crippen molar-refractivity contribution in [3.63, 3.8) is 0 Å². The molecule has 0 aliphatic rings. The smallest absolute Gasteiger partial charge is 0.339 e. The molecule has 3 aromatic rings. The first-order chi connectivity index (χ1) is 13.9. The molecule has 0 aliphatic heterocycles. The number of para-hydroxylation sites is 1. The van der Waals surface area contributed by atoms with Crippen molar-refractivity contribution in [1.29, 1.82) is 0 Å². The van der Waals surface area contributed by atoms with Crippen molar-refractivity contribution in [3.8, 4) is 11.5 Å². The van der Waals surface area contributed by atoms with Crippen LogP contribution in [0.25, 0.3) is 0 Å². The summed E-state index contributed by atoms with van der Waals surface area (Å²) in [4.78, 5) is 0.0836. The molecule has 0 saturated heterocycles. The number of methoxy groups -OCH3 is 1. The summed E-state index contributed by atoms with van der Waals surface area (Å²) in [6.07, 6.45) is 1.66. The molecule has 150 valence electrons. The third kappa shape index (κ3) is 5.14. The molecule has 0 N–H and O–H groups in total. The molecule has 0 saturated carbocycles. The van der Waals surface area contributed by atoms with Gasteiger partial charge in [-0.1, -0.05) is 35.9 Å². The average molecular weight is 410 g/mol. The molecule has 0 bridgehead atoms. The maximum atomic E-state index is 12.5. The van der Waals surface area contributed by atoms with E-state index in [1.165, 1.54) is 19.2 Å². The molecule has 0 fully saturated rings. The lowest BCUT2D eigenvalue weighted by Crippen LogP contribution is -2.11. The number of benzene rings is 3. The molecule has 0 heterocycles. The summed E-state index contributed by atoms with van der Waals surface area (Å²) in [6.45, 7) is 1.88. The number of rotatable bonds is 7. The zero-order valence-electron chi connectivity index (χ0n) is 16.4. The van der Waals surface area contributed by atoms with E-state index < -0.39 is 10.1 Å². The fourth-order valence-electron chi connectivity index (χ4n) is 2.57. The molecular weight excluding hydrogens is 388 g/mol. The number of hydrogen-bond acceptors (Lipinski definition) is 6. The van der Waals surface area contributed by atoms with E-state index in [9.17, 15) is 8.42 Å². The lowest BCUT2D eigenvalue weighted by Gasteiger charge is -2.13. The second-order valence-electron chi connectivity index (χ2n) is 6.36. The van der Waals surface area contributed by atoms with Gasteiger partial charge in [-0.2, -0.15) is 13.5 Å². The Labute approximate surface area is 171 Å². The maximum absolute atomic E-state index is 12.5. The molecule has 0 radical (unpaired) electrons. The van der Waals surface area contributed by atoms with E-state index in [1.807, 2.05) is 44.3 Å². The largest absolute Gasteiger partial charge is 0.493 e. The maximum Gasteiger partial charge on any atom is 0.339 e. The topological polar surface area (TPSA) is 68.2 Å². The summed E-state index contributed by atoms with van der Waals surface area (Å²) in [5.74, 6) is 0.411. The van der Waals surface area contributed by atoms with Crippen LogP contribution in [-0.2, 0) is 10.1 Å². The molecule has 7 heteroatoms. The van der Waals surface area contributed by atoms with Gasteiger partial charge in [-0.05, 0) is 55.0 Å². The molecular formula is C22H22N2O4S. The molecule has 0 unspecified atom stereocenters. The van der Waals surface area contributed by atoms with Crippen molar-refractivity contribution in [2.45, 2.75) is 11.8 Å². The van der Waals surface area contributed by atoms with E-state index in [0.29, 0.717) is 5.75 Å². The predicted octanol–water partition coefficient (Wildman–Crippen LogP) is 4.24. The van der Waals surface area contributed by atoms with Gasteiger partial charge in [-0.3, -0.25) is 5.01 Å². The molecule has 3 aromatic carbocycles.